The number of benzene rings is 1. The van der Waals surface area contributed by atoms with Crippen molar-refractivity contribution in [1.82, 2.24) is 9.55 Å². The van der Waals surface area contributed by atoms with E-state index in [0.717, 1.165) is 6.42 Å². The molecule has 2 aromatic rings. The van der Waals surface area contributed by atoms with E-state index in [1.54, 1.807) is 24.4 Å². The molecule has 11 heteroatoms. The molecule has 1 saturated heterocycles. The SMILES string of the molecule is CC[C@H]1O[C@@H](n2cc(CO[C@H](c3ccccc3[N+](=O)[O-])C(C)C)c(N)nc2=O)C[C@H]1O[Si](C)(C)C(C)(C)C. The van der Waals surface area contributed by atoms with Crippen molar-refractivity contribution in [1.29, 1.82) is 0 Å². The number of nitrogens with zero attached hydrogens (tertiary/aromatic N) is 3. The molecule has 1 aromatic carbocycles. The molecule has 2 heterocycles. The highest BCUT2D eigenvalue weighted by molar-refractivity contribution is 6.74. The van der Waals surface area contributed by atoms with Crippen molar-refractivity contribution in [2.75, 3.05) is 5.73 Å². The molecule has 0 amide bonds. The number of nitro groups is 1. The van der Waals surface area contributed by atoms with Crippen LogP contribution in [-0.4, -0.2) is 35.0 Å². The highest BCUT2D eigenvalue weighted by atomic mass is 28.4. The van der Waals surface area contributed by atoms with Gasteiger partial charge in [-0.05, 0) is 36.5 Å². The van der Waals surface area contributed by atoms with Gasteiger partial charge in [-0.2, -0.15) is 4.98 Å². The van der Waals surface area contributed by atoms with E-state index in [9.17, 15) is 14.9 Å². The standard InChI is InChI=1S/C27H42N4O6Si/c1-9-21-22(37-38(7,8)27(4,5)6)14-23(36-21)30-15-18(25(28)29-26(30)32)16-35-24(17(2)3)19-12-10-11-13-20(19)31(33)34/h10-13,15,17,21-24H,9,14,16H2,1-8H3,(H2,28,29,32)/t21-,22-,23-,24+/m1/s1. The van der Waals surface area contributed by atoms with Crippen molar-refractivity contribution in [3.8, 4) is 0 Å². The molecule has 1 aliphatic rings. The van der Waals surface area contributed by atoms with Gasteiger partial charge in [0.1, 0.15) is 12.0 Å². The minimum absolute atomic E-state index is 0.00000297. The Morgan fingerprint density at radius 3 is 2.53 bits per heavy atom. The Bertz CT molecular complexity index is 1190. The zero-order valence-electron chi connectivity index (χ0n) is 23.8. The highest BCUT2D eigenvalue weighted by Crippen LogP contribution is 2.41. The summed E-state index contributed by atoms with van der Waals surface area (Å²) in [7, 11) is -2.04. The molecule has 0 spiro atoms. The number of nitrogens with two attached hydrogens (primary N) is 1. The summed E-state index contributed by atoms with van der Waals surface area (Å²) >= 11 is 0. The van der Waals surface area contributed by atoms with Gasteiger partial charge in [0.15, 0.2) is 8.32 Å². The molecule has 10 nitrogen and oxygen atoms in total. The maximum atomic E-state index is 12.9. The molecule has 0 unspecified atom stereocenters. The van der Waals surface area contributed by atoms with E-state index in [1.165, 1.54) is 10.6 Å². The van der Waals surface area contributed by atoms with Crippen molar-refractivity contribution in [2.24, 2.45) is 5.92 Å². The summed E-state index contributed by atoms with van der Waals surface area (Å²) in [5.74, 6) is 0.0170. The summed E-state index contributed by atoms with van der Waals surface area (Å²) in [6, 6.07) is 6.55. The van der Waals surface area contributed by atoms with Gasteiger partial charge < -0.3 is 19.6 Å². The van der Waals surface area contributed by atoms with Gasteiger partial charge >= 0.3 is 5.69 Å². The molecule has 4 atom stereocenters. The van der Waals surface area contributed by atoms with Crippen molar-refractivity contribution < 1.29 is 18.8 Å². The first-order chi connectivity index (χ1) is 17.7. The molecule has 0 radical (unpaired) electrons. The number of nitrogen functional groups attached to an aromatic ring is 1. The average molecular weight is 547 g/mol. The summed E-state index contributed by atoms with van der Waals surface area (Å²) in [6.07, 6.45) is 1.57. The van der Waals surface area contributed by atoms with Gasteiger partial charge in [-0.15, -0.1) is 0 Å². The Kier molecular flexibility index (Phi) is 9.18. The Labute approximate surface area is 225 Å². The van der Waals surface area contributed by atoms with Gasteiger partial charge in [-0.1, -0.05) is 53.7 Å². The minimum Gasteiger partial charge on any atom is -0.411 e. The maximum Gasteiger partial charge on any atom is 0.351 e. The Balaban J connectivity index is 1.85. The van der Waals surface area contributed by atoms with Gasteiger partial charge in [0.05, 0.1) is 35.4 Å². The summed E-state index contributed by atoms with van der Waals surface area (Å²) in [6.45, 7) is 17.0. The van der Waals surface area contributed by atoms with E-state index < -0.39 is 31.3 Å². The van der Waals surface area contributed by atoms with E-state index in [2.05, 4.69) is 38.8 Å². The molecule has 210 valence electrons. The monoisotopic (exact) mass is 546 g/mol. The molecule has 0 saturated carbocycles. The van der Waals surface area contributed by atoms with Crippen LogP contribution in [0.15, 0.2) is 35.3 Å². The van der Waals surface area contributed by atoms with Crippen molar-refractivity contribution in [3.05, 3.63) is 62.2 Å². The quantitative estimate of drug-likeness (QED) is 0.227. The number of para-hydroxylation sites is 1. The molecule has 3 rings (SSSR count). The minimum atomic E-state index is -2.04. The number of ether oxygens (including phenoxy) is 2. The molecule has 1 fully saturated rings. The van der Waals surface area contributed by atoms with Gasteiger partial charge in [0.2, 0.25) is 0 Å². The average Bonchev–Trinajstić information content (AvgIpc) is 3.21. The number of hydrogen-bond donors (Lipinski definition) is 1. The lowest BCUT2D eigenvalue weighted by molar-refractivity contribution is -0.386. The highest BCUT2D eigenvalue weighted by Gasteiger charge is 2.44. The van der Waals surface area contributed by atoms with Crippen molar-refractivity contribution >= 4 is 19.8 Å². The normalized spacial score (nSPS) is 21.1. The number of rotatable bonds is 10. The third-order valence-corrected chi connectivity index (χ3v) is 12.2. The Morgan fingerprint density at radius 2 is 1.95 bits per heavy atom. The fourth-order valence-electron chi connectivity index (χ4n) is 4.47. The second-order valence-corrected chi connectivity index (χ2v) is 16.6. The first kappa shape index (κ1) is 29.9. The predicted octanol–water partition coefficient (Wildman–Crippen LogP) is 5.74. The largest absolute Gasteiger partial charge is 0.411 e. The Hall–Kier alpha value is -2.60. The smallest absolute Gasteiger partial charge is 0.351 e. The summed E-state index contributed by atoms with van der Waals surface area (Å²) in [5.41, 5.74) is 6.61. The lowest BCUT2D eigenvalue weighted by Gasteiger charge is -2.39. The topological polar surface area (TPSA) is 132 Å². The third-order valence-electron chi connectivity index (χ3n) is 7.67. The molecule has 0 aliphatic carbocycles. The van der Waals surface area contributed by atoms with E-state index in [1.807, 2.05) is 20.8 Å². The van der Waals surface area contributed by atoms with Crippen LogP contribution >= 0.6 is 0 Å². The van der Waals surface area contributed by atoms with Crippen LogP contribution in [0.4, 0.5) is 11.5 Å². The molecular formula is C27H42N4O6Si. The van der Waals surface area contributed by atoms with Crippen LogP contribution < -0.4 is 11.4 Å². The van der Waals surface area contributed by atoms with Crippen LogP contribution in [0.3, 0.4) is 0 Å². The number of anilines is 1. The van der Waals surface area contributed by atoms with Gasteiger partial charge in [-0.3, -0.25) is 14.7 Å². The number of nitro benzene ring substituents is 1. The predicted molar refractivity (Wildman–Crippen MR) is 149 cm³/mol. The molecule has 2 N–H and O–H groups in total. The molecular weight excluding hydrogens is 504 g/mol. The van der Waals surface area contributed by atoms with Crippen molar-refractivity contribution in [3.63, 3.8) is 0 Å². The van der Waals surface area contributed by atoms with Crippen LogP contribution in [-0.2, 0) is 20.5 Å². The van der Waals surface area contributed by atoms with Crippen LogP contribution in [0, 0.1) is 16.0 Å². The summed E-state index contributed by atoms with van der Waals surface area (Å²) < 4.78 is 20.6. The maximum absolute atomic E-state index is 12.9. The van der Waals surface area contributed by atoms with Gasteiger partial charge in [0.25, 0.3) is 5.69 Å². The lowest BCUT2D eigenvalue weighted by Crippen LogP contribution is -2.45. The third kappa shape index (κ3) is 6.51. The fourth-order valence-corrected chi connectivity index (χ4v) is 5.83. The second kappa shape index (κ2) is 11.6. The number of aromatic nitrogens is 2. The first-order valence-electron chi connectivity index (χ1n) is 13.2. The van der Waals surface area contributed by atoms with Crippen LogP contribution in [0.25, 0.3) is 0 Å². The zero-order chi connectivity index (χ0) is 28.4. The lowest BCUT2D eigenvalue weighted by atomic mass is 9.97. The van der Waals surface area contributed by atoms with Crippen LogP contribution in [0.5, 0.6) is 0 Å². The molecule has 38 heavy (non-hydrogen) atoms. The van der Waals surface area contributed by atoms with E-state index in [4.69, 9.17) is 19.6 Å². The molecule has 1 aromatic heterocycles. The number of hydrogen-bond acceptors (Lipinski definition) is 8. The van der Waals surface area contributed by atoms with E-state index in [-0.39, 0.29) is 41.3 Å². The first-order valence-corrected chi connectivity index (χ1v) is 16.1. The summed E-state index contributed by atoms with van der Waals surface area (Å²) in [5, 5.41) is 11.6. The Morgan fingerprint density at radius 1 is 1.29 bits per heavy atom. The fraction of sp³-hybridized carbons (Fsp3) is 0.630. The van der Waals surface area contributed by atoms with Gasteiger partial charge in [0, 0.05) is 24.2 Å². The van der Waals surface area contributed by atoms with Crippen LogP contribution in [0.2, 0.25) is 18.1 Å². The van der Waals surface area contributed by atoms with E-state index in [0.29, 0.717) is 17.5 Å². The van der Waals surface area contributed by atoms with Crippen LogP contribution in [0.1, 0.15) is 77.8 Å². The zero-order valence-corrected chi connectivity index (χ0v) is 24.8. The second-order valence-electron chi connectivity index (χ2n) is 11.8. The van der Waals surface area contributed by atoms with Gasteiger partial charge in [-0.25, -0.2) is 4.79 Å². The summed E-state index contributed by atoms with van der Waals surface area (Å²) in [4.78, 5) is 28.1. The van der Waals surface area contributed by atoms with E-state index >= 15 is 0 Å². The molecule has 1 aliphatic heterocycles. The van der Waals surface area contributed by atoms with Crippen molar-refractivity contribution in [2.45, 2.75) is 104 Å². The molecule has 0 bridgehead atoms.